The third-order valence-electron chi connectivity index (χ3n) is 2.20. The average molecular weight is 245 g/mol. The summed E-state index contributed by atoms with van der Waals surface area (Å²) in [6, 6.07) is 0. The SMILES string of the molecule is CCCN(CCNC)c1nc[nH]c(=O)c1Cl. The molecule has 2 N–H and O–H groups in total. The van der Waals surface area contributed by atoms with Crippen LogP contribution in [-0.4, -0.2) is 36.6 Å². The number of hydrogen-bond donors (Lipinski definition) is 2. The molecule has 0 amide bonds. The summed E-state index contributed by atoms with van der Waals surface area (Å²) in [6.45, 7) is 4.51. The van der Waals surface area contributed by atoms with Crippen molar-refractivity contribution in [3.8, 4) is 0 Å². The highest BCUT2D eigenvalue weighted by Crippen LogP contribution is 2.17. The number of aromatic nitrogens is 2. The van der Waals surface area contributed by atoms with E-state index in [1.807, 2.05) is 11.9 Å². The van der Waals surface area contributed by atoms with Gasteiger partial charge in [-0.3, -0.25) is 4.79 Å². The average Bonchev–Trinajstić information content (AvgIpc) is 2.28. The van der Waals surface area contributed by atoms with Crippen LogP contribution in [0.25, 0.3) is 0 Å². The Morgan fingerprint density at radius 1 is 1.56 bits per heavy atom. The van der Waals surface area contributed by atoms with Gasteiger partial charge in [-0.05, 0) is 13.5 Å². The smallest absolute Gasteiger partial charge is 0.271 e. The Labute approximate surface area is 99.8 Å². The van der Waals surface area contributed by atoms with E-state index in [0.29, 0.717) is 5.82 Å². The van der Waals surface area contributed by atoms with Crippen LogP contribution in [0.5, 0.6) is 0 Å². The van der Waals surface area contributed by atoms with E-state index in [0.717, 1.165) is 26.1 Å². The van der Waals surface area contributed by atoms with Gasteiger partial charge in [-0.25, -0.2) is 4.98 Å². The summed E-state index contributed by atoms with van der Waals surface area (Å²) in [5, 5.41) is 3.22. The molecular formula is C10H17ClN4O. The quantitative estimate of drug-likeness (QED) is 0.779. The van der Waals surface area contributed by atoms with E-state index in [2.05, 4.69) is 22.2 Å². The highest BCUT2D eigenvalue weighted by Gasteiger charge is 2.12. The number of rotatable bonds is 6. The number of anilines is 1. The van der Waals surface area contributed by atoms with Crippen molar-refractivity contribution in [3.63, 3.8) is 0 Å². The lowest BCUT2D eigenvalue weighted by atomic mass is 10.3. The van der Waals surface area contributed by atoms with Crippen LogP contribution in [0.2, 0.25) is 5.02 Å². The van der Waals surface area contributed by atoms with Gasteiger partial charge in [0.25, 0.3) is 5.56 Å². The third-order valence-corrected chi connectivity index (χ3v) is 2.54. The Balaban J connectivity index is 2.91. The number of hydrogen-bond acceptors (Lipinski definition) is 4. The lowest BCUT2D eigenvalue weighted by Crippen LogP contribution is -2.33. The molecule has 6 heteroatoms. The summed E-state index contributed by atoms with van der Waals surface area (Å²) in [4.78, 5) is 19.9. The van der Waals surface area contributed by atoms with Crippen LogP contribution in [0.15, 0.2) is 11.1 Å². The van der Waals surface area contributed by atoms with Crippen molar-refractivity contribution in [1.82, 2.24) is 15.3 Å². The maximum atomic E-state index is 11.4. The van der Waals surface area contributed by atoms with Crippen molar-refractivity contribution >= 4 is 17.4 Å². The van der Waals surface area contributed by atoms with Crippen LogP contribution in [0, 0.1) is 0 Å². The van der Waals surface area contributed by atoms with Crippen molar-refractivity contribution in [2.24, 2.45) is 0 Å². The van der Waals surface area contributed by atoms with E-state index in [1.54, 1.807) is 0 Å². The molecule has 0 spiro atoms. The van der Waals surface area contributed by atoms with Crippen molar-refractivity contribution in [2.75, 3.05) is 31.6 Å². The molecule has 0 bridgehead atoms. The molecule has 0 aromatic carbocycles. The van der Waals surface area contributed by atoms with E-state index in [-0.39, 0.29) is 10.6 Å². The highest BCUT2D eigenvalue weighted by atomic mass is 35.5. The maximum absolute atomic E-state index is 11.4. The molecular weight excluding hydrogens is 228 g/mol. The molecule has 90 valence electrons. The van der Waals surface area contributed by atoms with E-state index < -0.39 is 0 Å². The predicted octanol–water partition coefficient (Wildman–Crippen LogP) is 0.859. The van der Waals surface area contributed by atoms with Gasteiger partial charge in [0.15, 0.2) is 5.82 Å². The van der Waals surface area contributed by atoms with Crippen molar-refractivity contribution in [1.29, 1.82) is 0 Å². The molecule has 1 rings (SSSR count). The maximum Gasteiger partial charge on any atom is 0.271 e. The Bertz CT molecular complexity index is 379. The topological polar surface area (TPSA) is 61.0 Å². The summed E-state index contributed by atoms with van der Waals surface area (Å²) in [6.07, 6.45) is 2.36. The van der Waals surface area contributed by atoms with Gasteiger partial charge in [-0.2, -0.15) is 0 Å². The summed E-state index contributed by atoms with van der Waals surface area (Å²) in [7, 11) is 1.89. The molecule has 0 fully saturated rings. The molecule has 5 nitrogen and oxygen atoms in total. The molecule has 0 radical (unpaired) electrons. The molecule has 0 atom stereocenters. The van der Waals surface area contributed by atoms with Gasteiger partial charge in [0.05, 0.1) is 6.33 Å². The predicted molar refractivity (Wildman–Crippen MR) is 66.3 cm³/mol. The zero-order valence-electron chi connectivity index (χ0n) is 9.59. The van der Waals surface area contributed by atoms with E-state index >= 15 is 0 Å². The van der Waals surface area contributed by atoms with Crippen LogP contribution in [0.1, 0.15) is 13.3 Å². The molecule has 1 aromatic heterocycles. The van der Waals surface area contributed by atoms with Crippen molar-refractivity contribution in [3.05, 3.63) is 21.7 Å². The van der Waals surface area contributed by atoms with E-state index in [4.69, 9.17) is 11.6 Å². The first-order valence-corrected chi connectivity index (χ1v) is 5.71. The summed E-state index contributed by atoms with van der Waals surface area (Å²) in [5.41, 5.74) is -0.294. The van der Waals surface area contributed by atoms with Gasteiger partial charge in [-0.15, -0.1) is 0 Å². The summed E-state index contributed by atoms with van der Waals surface area (Å²) in [5.74, 6) is 0.558. The van der Waals surface area contributed by atoms with Crippen LogP contribution in [-0.2, 0) is 0 Å². The van der Waals surface area contributed by atoms with Crippen LogP contribution >= 0.6 is 11.6 Å². The lowest BCUT2D eigenvalue weighted by molar-refractivity contribution is 0.701. The normalized spacial score (nSPS) is 10.4. The number of nitrogens with zero attached hydrogens (tertiary/aromatic N) is 2. The monoisotopic (exact) mass is 244 g/mol. The molecule has 1 aromatic rings. The highest BCUT2D eigenvalue weighted by molar-refractivity contribution is 6.32. The van der Waals surface area contributed by atoms with Crippen molar-refractivity contribution < 1.29 is 0 Å². The molecule has 0 aliphatic carbocycles. The number of H-pyrrole nitrogens is 1. The Hall–Kier alpha value is -1.07. The van der Waals surface area contributed by atoms with Crippen molar-refractivity contribution in [2.45, 2.75) is 13.3 Å². The molecule has 1 heterocycles. The number of nitrogens with one attached hydrogen (secondary N) is 2. The van der Waals surface area contributed by atoms with Gasteiger partial charge < -0.3 is 15.2 Å². The first-order valence-electron chi connectivity index (χ1n) is 5.33. The molecule has 0 aliphatic rings. The molecule has 0 aliphatic heterocycles. The fourth-order valence-electron chi connectivity index (χ4n) is 1.43. The minimum Gasteiger partial charge on any atom is -0.354 e. The Morgan fingerprint density at radius 2 is 2.31 bits per heavy atom. The van der Waals surface area contributed by atoms with E-state index in [1.165, 1.54) is 6.33 Å². The van der Waals surface area contributed by atoms with E-state index in [9.17, 15) is 4.79 Å². The lowest BCUT2D eigenvalue weighted by Gasteiger charge is -2.23. The molecule has 0 saturated carbocycles. The summed E-state index contributed by atoms with van der Waals surface area (Å²) >= 11 is 5.93. The summed E-state index contributed by atoms with van der Waals surface area (Å²) < 4.78 is 0. The van der Waals surface area contributed by atoms with Gasteiger partial charge >= 0.3 is 0 Å². The van der Waals surface area contributed by atoms with Crippen LogP contribution in [0.3, 0.4) is 0 Å². The molecule has 0 unspecified atom stereocenters. The first kappa shape index (κ1) is 13.0. The number of halogens is 1. The number of aromatic amines is 1. The van der Waals surface area contributed by atoms with Gasteiger partial charge in [0.2, 0.25) is 0 Å². The third kappa shape index (κ3) is 3.21. The molecule has 16 heavy (non-hydrogen) atoms. The zero-order valence-corrected chi connectivity index (χ0v) is 10.3. The van der Waals surface area contributed by atoms with Gasteiger partial charge in [0, 0.05) is 19.6 Å². The Kier molecular flexibility index (Phi) is 5.28. The first-order chi connectivity index (χ1) is 7.70. The van der Waals surface area contributed by atoms with Gasteiger partial charge in [-0.1, -0.05) is 18.5 Å². The number of likely N-dealkylation sites (N-methyl/N-ethyl adjacent to an activating group) is 1. The minimum atomic E-state index is -0.294. The largest absolute Gasteiger partial charge is 0.354 e. The van der Waals surface area contributed by atoms with Crippen LogP contribution in [0.4, 0.5) is 5.82 Å². The van der Waals surface area contributed by atoms with Gasteiger partial charge in [0.1, 0.15) is 5.02 Å². The second-order valence-electron chi connectivity index (χ2n) is 3.46. The fourth-order valence-corrected chi connectivity index (χ4v) is 1.66. The Morgan fingerprint density at radius 3 is 2.94 bits per heavy atom. The standard InChI is InChI=1S/C10H17ClN4O/c1-3-5-15(6-4-12-2)9-8(11)10(16)14-7-13-9/h7,12H,3-6H2,1-2H3,(H,13,14,16). The van der Waals surface area contributed by atoms with Crippen LogP contribution < -0.4 is 15.8 Å². The second-order valence-corrected chi connectivity index (χ2v) is 3.84. The zero-order chi connectivity index (χ0) is 12.0. The molecule has 0 saturated heterocycles. The minimum absolute atomic E-state index is 0.159. The fraction of sp³-hybridized carbons (Fsp3) is 0.600. The second kappa shape index (κ2) is 6.50.